The highest BCUT2D eigenvalue weighted by molar-refractivity contribution is 9.10. The van der Waals surface area contributed by atoms with Crippen LogP contribution in [0.15, 0.2) is 46.9 Å². The lowest BCUT2D eigenvalue weighted by Gasteiger charge is -2.13. The number of rotatable bonds is 7. The summed E-state index contributed by atoms with van der Waals surface area (Å²) in [4.78, 5) is 24.5. The monoisotopic (exact) mass is 418 g/mol. The first kappa shape index (κ1) is 20.0. The van der Waals surface area contributed by atoms with Crippen LogP contribution in [0.3, 0.4) is 0 Å². The zero-order valence-electron chi connectivity index (χ0n) is 15.1. The third kappa shape index (κ3) is 5.59. The van der Waals surface area contributed by atoms with Crippen molar-refractivity contribution in [3.05, 3.63) is 58.1 Å². The molecule has 0 radical (unpaired) electrons. The quantitative estimate of drug-likeness (QED) is 0.695. The van der Waals surface area contributed by atoms with Gasteiger partial charge >= 0.3 is 0 Å². The molecule has 2 amide bonds. The minimum atomic E-state index is -0.292. The van der Waals surface area contributed by atoms with Crippen LogP contribution in [0.2, 0.25) is 0 Å². The van der Waals surface area contributed by atoms with Crippen molar-refractivity contribution >= 4 is 33.4 Å². The van der Waals surface area contributed by atoms with E-state index in [1.807, 2.05) is 6.07 Å². The lowest BCUT2D eigenvalue weighted by Crippen LogP contribution is -2.18. The number of amides is 2. The fraction of sp³-hybridized carbons (Fsp3) is 0.300. The van der Waals surface area contributed by atoms with Crippen molar-refractivity contribution in [1.82, 2.24) is 5.32 Å². The molecule has 0 aliphatic heterocycles. The molecule has 26 heavy (non-hydrogen) atoms. The summed E-state index contributed by atoms with van der Waals surface area (Å²) in [6.07, 6.45) is 0.908. The van der Waals surface area contributed by atoms with E-state index in [-0.39, 0.29) is 11.8 Å². The van der Waals surface area contributed by atoms with E-state index in [4.69, 9.17) is 4.74 Å². The van der Waals surface area contributed by atoms with E-state index < -0.39 is 0 Å². The molecule has 0 atom stereocenters. The van der Waals surface area contributed by atoms with Crippen LogP contribution in [0, 0.1) is 5.92 Å². The number of anilines is 1. The van der Waals surface area contributed by atoms with Crippen molar-refractivity contribution in [3.8, 4) is 5.75 Å². The van der Waals surface area contributed by atoms with E-state index in [0.29, 0.717) is 35.1 Å². The van der Waals surface area contributed by atoms with E-state index >= 15 is 0 Å². The summed E-state index contributed by atoms with van der Waals surface area (Å²) in [5.74, 6) is 0.560. The largest absolute Gasteiger partial charge is 0.493 e. The molecule has 6 heteroatoms. The van der Waals surface area contributed by atoms with Gasteiger partial charge in [-0.15, -0.1) is 0 Å². The van der Waals surface area contributed by atoms with E-state index in [9.17, 15) is 9.59 Å². The first-order valence-corrected chi connectivity index (χ1v) is 9.26. The Hall–Kier alpha value is -2.34. The van der Waals surface area contributed by atoms with Crippen molar-refractivity contribution in [3.63, 3.8) is 0 Å². The zero-order chi connectivity index (χ0) is 19.1. The Balaban J connectivity index is 2.18. The third-order valence-corrected chi connectivity index (χ3v) is 4.24. The minimum Gasteiger partial charge on any atom is -0.493 e. The maximum absolute atomic E-state index is 12.7. The van der Waals surface area contributed by atoms with Crippen molar-refractivity contribution in [2.24, 2.45) is 5.92 Å². The van der Waals surface area contributed by atoms with Gasteiger partial charge < -0.3 is 15.4 Å². The molecule has 5 nitrogen and oxygen atoms in total. The number of nitrogens with one attached hydrogen (secondary N) is 2. The van der Waals surface area contributed by atoms with Gasteiger partial charge in [0.2, 0.25) is 0 Å². The van der Waals surface area contributed by atoms with Crippen LogP contribution in [-0.2, 0) is 0 Å². The van der Waals surface area contributed by atoms with Gasteiger partial charge in [0.25, 0.3) is 11.8 Å². The molecule has 0 bridgehead atoms. The molecule has 0 spiro atoms. The molecule has 0 fully saturated rings. The Labute approximate surface area is 162 Å². The number of hydrogen-bond donors (Lipinski definition) is 2. The van der Waals surface area contributed by atoms with Crippen LogP contribution in [0.4, 0.5) is 5.69 Å². The Kier molecular flexibility index (Phi) is 7.21. The molecule has 2 aromatic rings. The van der Waals surface area contributed by atoms with Crippen molar-refractivity contribution in [2.45, 2.75) is 20.3 Å². The Bertz CT molecular complexity index is 790. The molecule has 0 saturated heterocycles. The topological polar surface area (TPSA) is 67.4 Å². The first-order chi connectivity index (χ1) is 12.4. The molecular weight excluding hydrogens is 396 g/mol. The minimum absolute atomic E-state index is 0.207. The third-order valence-electron chi connectivity index (χ3n) is 3.75. The van der Waals surface area contributed by atoms with E-state index in [1.165, 1.54) is 0 Å². The summed E-state index contributed by atoms with van der Waals surface area (Å²) >= 11 is 3.39. The molecule has 0 aromatic heterocycles. The molecule has 138 valence electrons. The van der Waals surface area contributed by atoms with Crippen LogP contribution in [0.25, 0.3) is 0 Å². The molecule has 0 saturated carbocycles. The van der Waals surface area contributed by atoms with Crippen LogP contribution in [0.5, 0.6) is 5.75 Å². The van der Waals surface area contributed by atoms with Crippen LogP contribution < -0.4 is 15.4 Å². The van der Waals surface area contributed by atoms with Gasteiger partial charge in [0.1, 0.15) is 5.75 Å². The Morgan fingerprint density at radius 3 is 2.58 bits per heavy atom. The fourth-order valence-corrected chi connectivity index (χ4v) is 2.65. The number of carbonyl (C=O) groups excluding carboxylic acids is 2. The average Bonchev–Trinajstić information content (AvgIpc) is 2.62. The second kappa shape index (κ2) is 9.38. The Morgan fingerprint density at radius 1 is 1.12 bits per heavy atom. The second-order valence-electron chi connectivity index (χ2n) is 6.29. The molecule has 2 N–H and O–H groups in total. The molecule has 0 heterocycles. The molecule has 2 rings (SSSR count). The standard InChI is InChI=1S/C20H23BrN2O3/c1-13(2)9-10-26-18-8-7-15(21)12-17(18)20(25)23-16-6-4-5-14(11-16)19(24)22-3/h4-8,11-13H,9-10H2,1-3H3,(H,22,24)(H,23,25). The van der Waals surface area contributed by atoms with Crippen molar-refractivity contribution < 1.29 is 14.3 Å². The maximum Gasteiger partial charge on any atom is 0.259 e. The lowest BCUT2D eigenvalue weighted by molar-refractivity contribution is 0.0961. The summed E-state index contributed by atoms with van der Waals surface area (Å²) < 4.78 is 6.59. The summed E-state index contributed by atoms with van der Waals surface area (Å²) in [7, 11) is 1.57. The highest BCUT2D eigenvalue weighted by atomic mass is 79.9. The number of halogens is 1. The van der Waals surface area contributed by atoms with Gasteiger partial charge in [-0.1, -0.05) is 35.8 Å². The molecule has 0 unspecified atom stereocenters. The van der Waals surface area contributed by atoms with Crippen LogP contribution >= 0.6 is 15.9 Å². The van der Waals surface area contributed by atoms with Crippen LogP contribution in [0.1, 0.15) is 41.0 Å². The normalized spacial score (nSPS) is 10.5. The maximum atomic E-state index is 12.7. The number of benzene rings is 2. The average molecular weight is 419 g/mol. The summed E-state index contributed by atoms with van der Waals surface area (Å²) in [6.45, 7) is 4.79. The lowest BCUT2D eigenvalue weighted by atomic mass is 10.1. The van der Waals surface area contributed by atoms with Gasteiger partial charge in [0.05, 0.1) is 12.2 Å². The van der Waals surface area contributed by atoms with E-state index in [0.717, 1.165) is 10.9 Å². The highest BCUT2D eigenvalue weighted by Crippen LogP contribution is 2.25. The molecule has 2 aromatic carbocycles. The molecular formula is C20H23BrN2O3. The Morgan fingerprint density at radius 2 is 1.88 bits per heavy atom. The van der Waals surface area contributed by atoms with Gasteiger partial charge in [-0.2, -0.15) is 0 Å². The fourth-order valence-electron chi connectivity index (χ4n) is 2.29. The van der Waals surface area contributed by atoms with Gasteiger partial charge in [-0.25, -0.2) is 0 Å². The molecule has 0 aliphatic rings. The summed E-state index contributed by atoms with van der Waals surface area (Å²) in [6, 6.07) is 12.1. The van der Waals surface area contributed by atoms with E-state index in [1.54, 1.807) is 43.4 Å². The SMILES string of the molecule is CNC(=O)c1cccc(NC(=O)c2cc(Br)ccc2OCCC(C)C)c1. The highest BCUT2D eigenvalue weighted by Gasteiger charge is 2.15. The number of ether oxygens (including phenoxy) is 1. The van der Waals surface area contributed by atoms with Crippen LogP contribution in [-0.4, -0.2) is 25.5 Å². The van der Waals surface area contributed by atoms with Gasteiger partial charge in [0, 0.05) is 22.8 Å². The number of carbonyl (C=O) groups is 2. The molecule has 0 aliphatic carbocycles. The predicted molar refractivity (Wildman–Crippen MR) is 107 cm³/mol. The van der Waals surface area contributed by atoms with Crippen molar-refractivity contribution in [2.75, 3.05) is 19.0 Å². The number of hydrogen-bond acceptors (Lipinski definition) is 3. The zero-order valence-corrected chi connectivity index (χ0v) is 16.7. The summed E-state index contributed by atoms with van der Waals surface area (Å²) in [5.41, 5.74) is 1.46. The predicted octanol–water partition coefficient (Wildman–Crippen LogP) is 4.49. The smallest absolute Gasteiger partial charge is 0.259 e. The van der Waals surface area contributed by atoms with Gasteiger partial charge in [0.15, 0.2) is 0 Å². The second-order valence-corrected chi connectivity index (χ2v) is 7.20. The summed E-state index contributed by atoms with van der Waals surface area (Å²) in [5, 5.41) is 5.39. The first-order valence-electron chi connectivity index (χ1n) is 8.46. The van der Waals surface area contributed by atoms with Gasteiger partial charge in [-0.3, -0.25) is 9.59 Å². The van der Waals surface area contributed by atoms with Crippen molar-refractivity contribution in [1.29, 1.82) is 0 Å². The van der Waals surface area contributed by atoms with E-state index in [2.05, 4.69) is 40.4 Å². The van der Waals surface area contributed by atoms with Gasteiger partial charge in [-0.05, 0) is 48.7 Å².